The van der Waals surface area contributed by atoms with Crippen molar-refractivity contribution in [3.63, 3.8) is 0 Å². The Morgan fingerprint density at radius 2 is 2.00 bits per heavy atom. The van der Waals surface area contributed by atoms with Gasteiger partial charge in [-0.2, -0.15) is 5.26 Å². The highest BCUT2D eigenvalue weighted by molar-refractivity contribution is 6.39. The number of halogens is 2. The number of benzene rings is 1. The number of aryl methyl sites for hydroxylation is 1. The van der Waals surface area contributed by atoms with Crippen LogP contribution >= 0.6 is 23.2 Å². The monoisotopic (exact) mass is 366 g/mol. The Bertz CT molecular complexity index is 819. The second-order valence-electron chi connectivity index (χ2n) is 4.74. The molecular formula is C16H12Cl2N2O4. The molecular weight excluding hydrogens is 355 g/mol. The van der Waals surface area contributed by atoms with Crippen molar-refractivity contribution < 1.29 is 18.8 Å². The zero-order chi connectivity index (χ0) is 17.9. The maximum absolute atomic E-state index is 12.7. The molecule has 0 fully saturated rings. The molecule has 6 nitrogen and oxygen atoms in total. The van der Waals surface area contributed by atoms with Gasteiger partial charge in [-0.15, -0.1) is 0 Å². The average Bonchev–Trinajstić information content (AvgIpc) is 2.89. The summed E-state index contributed by atoms with van der Waals surface area (Å²) in [6.07, 6.45) is 0. The number of nitriles is 1. The molecule has 1 heterocycles. The van der Waals surface area contributed by atoms with Crippen molar-refractivity contribution >= 4 is 35.0 Å². The lowest BCUT2D eigenvalue weighted by Crippen LogP contribution is -2.25. The number of hydrogen-bond donors (Lipinski definition) is 0. The fourth-order valence-corrected chi connectivity index (χ4v) is 2.72. The van der Waals surface area contributed by atoms with Crippen LogP contribution in [0.3, 0.4) is 0 Å². The van der Waals surface area contributed by atoms with Crippen molar-refractivity contribution in [1.82, 2.24) is 5.16 Å². The van der Waals surface area contributed by atoms with Crippen molar-refractivity contribution in [2.45, 2.75) is 13.8 Å². The third-order valence-electron chi connectivity index (χ3n) is 3.22. The summed E-state index contributed by atoms with van der Waals surface area (Å²) in [5, 5.41) is 13.5. The molecule has 0 aliphatic rings. The van der Waals surface area contributed by atoms with E-state index in [1.807, 2.05) is 0 Å². The quantitative estimate of drug-likeness (QED) is 0.453. The first-order chi connectivity index (χ1) is 11.4. The van der Waals surface area contributed by atoms with E-state index >= 15 is 0 Å². The van der Waals surface area contributed by atoms with Gasteiger partial charge in [0.05, 0.1) is 28.3 Å². The zero-order valence-electron chi connectivity index (χ0n) is 12.8. The van der Waals surface area contributed by atoms with Crippen molar-refractivity contribution in [2.24, 2.45) is 5.92 Å². The summed E-state index contributed by atoms with van der Waals surface area (Å²) in [6.45, 7) is 3.13. The van der Waals surface area contributed by atoms with E-state index < -0.39 is 17.7 Å². The number of esters is 1. The molecule has 0 saturated heterocycles. The molecule has 2 aromatic rings. The van der Waals surface area contributed by atoms with Gasteiger partial charge in [0, 0.05) is 5.56 Å². The fourth-order valence-electron chi connectivity index (χ4n) is 2.15. The molecule has 2 rings (SSSR count). The zero-order valence-corrected chi connectivity index (χ0v) is 14.3. The molecule has 24 heavy (non-hydrogen) atoms. The summed E-state index contributed by atoms with van der Waals surface area (Å²) in [5.74, 6) is -3.18. The molecule has 0 spiro atoms. The molecule has 1 aromatic carbocycles. The summed E-state index contributed by atoms with van der Waals surface area (Å²) < 4.78 is 9.83. The summed E-state index contributed by atoms with van der Waals surface area (Å²) in [6, 6.07) is 6.44. The van der Waals surface area contributed by atoms with E-state index in [4.69, 9.17) is 32.5 Å². The molecule has 124 valence electrons. The second kappa shape index (κ2) is 7.47. The third kappa shape index (κ3) is 3.28. The molecule has 0 bridgehead atoms. The molecule has 0 saturated carbocycles. The average molecular weight is 367 g/mol. The lowest BCUT2D eigenvalue weighted by Gasteiger charge is -2.09. The van der Waals surface area contributed by atoms with Crippen LogP contribution in [0.15, 0.2) is 22.7 Å². The van der Waals surface area contributed by atoms with E-state index in [1.54, 1.807) is 31.2 Å². The number of carbonyl (C=O) groups excluding carboxylic acids is 2. The summed E-state index contributed by atoms with van der Waals surface area (Å²) in [4.78, 5) is 24.5. The molecule has 0 amide bonds. The normalized spacial score (nSPS) is 11.6. The first kappa shape index (κ1) is 18.0. The number of carbonyl (C=O) groups is 2. The number of ketones is 1. The minimum absolute atomic E-state index is 0.0235. The maximum atomic E-state index is 12.7. The van der Waals surface area contributed by atoms with Crippen LogP contribution < -0.4 is 0 Å². The van der Waals surface area contributed by atoms with E-state index in [0.29, 0.717) is 5.56 Å². The van der Waals surface area contributed by atoms with E-state index in [-0.39, 0.29) is 33.7 Å². The van der Waals surface area contributed by atoms with Gasteiger partial charge in [0.2, 0.25) is 5.92 Å². The Morgan fingerprint density at radius 1 is 1.38 bits per heavy atom. The predicted molar refractivity (Wildman–Crippen MR) is 86.8 cm³/mol. The summed E-state index contributed by atoms with van der Waals surface area (Å²) in [5.41, 5.74) is 0.351. The van der Waals surface area contributed by atoms with E-state index in [0.717, 1.165) is 0 Å². The SMILES string of the molecule is CCOC(=O)[C@H](C#N)C(=O)c1c(-c2c(Cl)cccc2Cl)noc1C. The fraction of sp³-hybridized carbons (Fsp3) is 0.250. The number of aromatic nitrogens is 1. The highest BCUT2D eigenvalue weighted by Gasteiger charge is 2.35. The van der Waals surface area contributed by atoms with Crippen LogP contribution in [0.1, 0.15) is 23.0 Å². The standard InChI is InChI=1S/C16H12Cl2N2O4/c1-3-23-16(22)9(7-19)15(21)12-8(2)24-20-14(12)13-10(17)5-4-6-11(13)18/h4-6,9H,3H2,1-2H3/t9-/m1/s1. The Hall–Kier alpha value is -2.36. The van der Waals surface area contributed by atoms with Gasteiger partial charge >= 0.3 is 5.97 Å². The first-order valence-electron chi connectivity index (χ1n) is 6.93. The van der Waals surface area contributed by atoms with Crippen LogP contribution in [0, 0.1) is 24.2 Å². The van der Waals surface area contributed by atoms with Crippen molar-refractivity contribution in [1.29, 1.82) is 5.26 Å². The van der Waals surface area contributed by atoms with Crippen LogP contribution in [-0.4, -0.2) is 23.5 Å². The largest absolute Gasteiger partial charge is 0.465 e. The molecule has 0 radical (unpaired) electrons. The van der Waals surface area contributed by atoms with Crippen molar-refractivity contribution in [3.05, 3.63) is 39.6 Å². The number of ether oxygens (including phenoxy) is 1. The first-order valence-corrected chi connectivity index (χ1v) is 7.69. The smallest absolute Gasteiger partial charge is 0.331 e. The van der Waals surface area contributed by atoms with Crippen LogP contribution in [-0.2, 0) is 9.53 Å². The van der Waals surface area contributed by atoms with Gasteiger partial charge in [-0.1, -0.05) is 34.4 Å². The topological polar surface area (TPSA) is 93.2 Å². The maximum Gasteiger partial charge on any atom is 0.331 e. The van der Waals surface area contributed by atoms with Crippen LogP contribution in [0.4, 0.5) is 0 Å². The van der Waals surface area contributed by atoms with Crippen molar-refractivity contribution in [3.8, 4) is 17.3 Å². The van der Waals surface area contributed by atoms with Crippen molar-refractivity contribution in [2.75, 3.05) is 6.61 Å². The summed E-state index contributed by atoms with van der Waals surface area (Å²) in [7, 11) is 0. The predicted octanol–water partition coefficient (Wildman–Crippen LogP) is 3.84. The number of hydrogen-bond acceptors (Lipinski definition) is 6. The Morgan fingerprint density at radius 3 is 2.54 bits per heavy atom. The van der Waals surface area contributed by atoms with Gasteiger partial charge in [-0.05, 0) is 26.0 Å². The van der Waals surface area contributed by atoms with E-state index in [1.165, 1.54) is 6.92 Å². The van der Waals surface area contributed by atoms with Gasteiger partial charge < -0.3 is 9.26 Å². The minimum atomic E-state index is -1.62. The van der Waals surface area contributed by atoms with Crippen LogP contribution in [0.25, 0.3) is 11.3 Å². The lowest BCUT2D eigenvalue weighted by atomic mass is 9.95. The van der Waals surface area contributed by atoms with Gasteiger partial charge in [0.1, 0.15) is 11.5 Å². The Kier molecular flexibility index (Phi) is 5.60. The summed E-state index contributed by atoms with van der Waals surface area (Å²) >= 11 is 12.3. The van der Waals surface area contributed by atoms with Crippen LogP contribution in [0.5, 0.6) is 0 Å². The highest BCUT2D eigenvalue weighted by Crippen LogP contribution is 2.37. The van der Waals surface area contributed by atoms with Crippen LogP contribution in [0.2, 0.25) is 10.0 Å². The van der Waals surface area contributed by atoms with Gasteiger partial charge in [0.25, 0.3) is 0 Å². The number of Topliss-reactive ketones (excluding diaryl/α,β-unsaturated/α-hetero) is 1. The molecule has 0 aliphatic heterocycles. The van der Waals surface area contributed by atoms with Gasteiger partial charge in [-0.25, -0.2) is 0 Å². The highest BCUT2D eigenvalue weighted by atomic mass is 35.5. The van der Waals surface area contributed by atoms with E-state index in [9.17, 15) is 14.9 Å². The Labute approximate surface area is 147 Å². The third-order valence-corrected chi connectivity index (χ3v) is 3.85. The minimum Gasteiger partial charge on any atom is -0.465 e. The molecule has 1 atom stereocenters. The Balaban J connectivity index is 2.57. The molecule has 0 unspecified atom stereocenters. The molecule has 8 heteroatoms. The molecule has 0 N–H and O–H groups in total. The number of rotatable bonds is 5. The van der Waals surface area contributed by atoms with E-state index in [2.05, 4.69) is 5.16 Å². The molecule has 0 aliphatic carbocycles. The van der Waals surface area contributed by atoms with Gasteiger partial charge in [-0.3, -0.25) is 9.59 Å². The second-order valence-corrected chi connectivity index (χ2v) is 5.55. The van der Waals surface area contributed by atoms with Gasteiger partial charge in [0.15, 0.2) is 5.78 Å². The molecule has 1 aromatic heterocycles. The number of nitrogens with zero attached hydrogens (tertiary/aromatic N) is 2. The lowest BCUT2D eigenvalue weighted by molar-refractivity contribution is -0.144.